The zero-order valence-corrected chi connectivity index (χ0v) is 23.5. The van der Waals surface area contributed by atoms with Crippen molar-refractivity contribution in [3.05, 3.63) is 88.8 Å². The van der Waals surface area contributed by atoms with Gasteiger partial charge in [0, 0.05) is 40.1 Å². The molecule has 1 unspecified atom stereocenters. The van der Waals surface area contributed by atoms with Gasteiger partial charge in [-0.3, -0.25) is 0 Å². The fraction of sp³-hybridized carbons (Fsp3) is 0.344. The molecule has 1 aliphatic heterocycles. The van der Waals surface area contributed by atoms with Crippen molar-refractivity contribution >= 4 is 33.7 Å². The van der Waals surface area contributed by atoms with Crippen LogP contribution < -0.4 is 14.8 Å². The Kier molecular flexibility index (Phi) is 9.37. The van der Waals surface area contributed by atoms with Crippen molar-refractivity contribution in [1.29, 1.82) is 0 Å². The summed E-state index contributed by atoms with van der Waals surface area (Å²) in [5.41, 5.74) is 2.79. The summed E-state index contributed by atoms with van der Waals surface area (Å²) in [5.74, 6) is 0.340. The van der Waals surface area contributed by atoms with Gasteiger partial charge in [-0.25, -0.2) is 9.37 Å². The molecule has 1 aliphatic rings. The van der Waals surface area contributed by atoms with Gasteiger partial charge in [0.15, 0.2) is 17.9 Å². The number of hydrogen-bond acceptors (Lipinski definition) is 6. The molecule has 210 valence electrons. The number of nitrogens with zero attached hydrogens (tertiary/aromatic N) is 1. The average molecular weight is 565 g/mol. The summed E-state index contributed by atoms with van der Waals surface area (Å²) in [6.45, 7) is 5.27. The molecule has 4 aromatic rings. The second-order valence-corrected chi connectivity index (χ2v) is 10.5. The minimum Gasteiger partial charge on any atom is -0.488 e. The molecule has 0 spiro atoms. The lowest BCUT2D eigenvalue weighted by atomic mass is 10.0. The third-order valence-corrected chi connectivity index (χ3v) is 6.91. The number of nitrogens with one attached hydrogen (secondary N) is 1. The van der Waals surface area contributed by atoms with E-state index >= 15 is 4.39 Å². The summed E-state index contributed by atoms with van der Waals surface area (Å²) in [7, 11) is 0. The van der Waals surface area contributed by atoms with E-state index in [0.717, 1.165) is 47.9 Å². The van der Waals surface area contributed by atoms with Gasteiger partial charge in [0.2, 0.25) is 5.88 Å². The largest absolute Gasteiger partial charge is 0.488 e. The van der Waals surface area contributed by atoms with Gasteiger partial charge in [0.25, 0.3) is 0 Å². The van der Waals surface area contributed by atoms with Gasteiger partial charge in [-0.15, -0.1) is 0 Å². The molecule has 0 saturated carbocycles. The van der Waals surface area contributed by atoms with Crippen molar-refractivity contribution < 1.29 is 23.3 Å². The first-order valence-corrected chi connectivity index (χ1v) is 14.1. The second kappa shape index (κ2) is 13.3. The number of halogens is 2. The first kappa shape index (κ1) is 28.1. The molecule has 1 fully saturated rings. The number of pyridine rings is 1. The van der Waals surface area contributed by atoms with Crippen LogP contribution in [0.4, 0.5) is 15.8 Å². The number of ether oxygens (including phenoxy) is 4. The van der Waals surface area contributed by atoms with Crippen molar-refractivity contribution in [2.75, 3.05) is 25.1 Å². The van der Waals surface area contributed by atoms with Gasteiger partial charge < -0.3 is 24.3 Å². The third-order valence-electron chi connectivity index (χ3n) is 6.66. The monoisotopic (exact) mass is 564 g/mol. The van der Waals surface area contributed by atoms with E-state index < -0.39 is 5.82 Å². The van der Waals surface area contributed by atoms with Crippen LogP contribution in [0.15, 0.2) is 66.9 Å². The number of anilines is 2. The van der Waals surface area contributed by atoms with Gasteiger partial charge in [-0.05, 0) is 69.0 Å². The van der Waals surface area contributed by atoms with Crippen molar-refractivity contribution in [2.45, 2.75) is 51.9 Å². The molecule has 40 heavy (non-hydrogen) atoms. The summed E-state index contributed by atoms with van der Waals surface area (Å²) >= 11 is 6.07. The number of benzene rings is 3. The van der Waals surface area contributed by atoms with Crippen molar-refractivity contribution in [3.8, 4) is 11.6 Å². The molecule has 1 aromatic heterocycles. The van der Waals surface area contributed by atoms with Crippen LogP contribution in [0.2, 0.25) is 5.02 Å². The number of rotatable bonds is 11. The molecule has 1 N–H and O–H groups in total. The van der Waals surface area contributed by atoms with E-state index in [1.54, 1.807) is 24.4 Å². The van der Waals surface area contributed by atoms with E-state index in [2.05, 4.69) is 10.3 Å². The van der Waals surface area contributed by atoms with Crippen molar-refractivity contribution in [2.24, 2.45) is 0 Å². The standard InChI is InChI=1S/C32H34ClFN2O4/c1-21(2)40-29-15-14-27(26(31(29)34)19-22-10-12-23(33)13-11-22)36-28-20-35-32(25-8-4-3-7-24(25)28)39-18-17-38-30-9-5-6-16-37-30/h3-4,7-8,10-15,20-21,30,36H,5-6,9,16-19H2,1-2H3. The normalized spacial score (nSPS) is 15.4. The fourth-order valence-electron chi connectivity index (χ4n) is 4.73. The highest BCUT2D eigenvalue weighted by Crippen LogP contribution is 2.36. The number of hydrogen-bond donors (Lipinski definition) is 1. The van der Waals surface area contributed by atoms with Crippen LogP contribution in [-0.4, -0.2) is 37.2 Å². The maximum Gasteiger partial charge on any atom is 0.221 e. The Balaban J connectivity index is 1.39. The second-order valence-electron chi connectivity index (χ2n) is 10.0. The molecule has 6 nitrogen and oxygen atoms in total. The lowest BCUT2D eigenvalue weighted by molar-refractivity contribution is -0.165. The van der Waals surface area contributed by atoms with Crippen LogP contribution in [0.3, 0.4) is 0 Å². The van der Waals surface area contributed by atoms with Crippen LogP contribution in [0, 0.1) is 5.82 Å². The summed E-state index contributed by atoms with van der Waals surface area (Å²) in [4.78, 5) is 4.59. The van der Waals surface area contributed by atoms with Crippen molar-refractivity contribution in [1.82, 2.24) is 4.98 Å². The highest BCUT2D eigenvalue weighted by molar-refractivity contribution is 6.30. The Morgan fingerprint density at radius 2 is 1.80 bits per heavy atom. The molecule has 0 aliphatic carbocycles. The molecule has 3 aromatic carbocycles. The van der Waals surface area contributed by atoms with E-state index in [4.69, 9.17) is 30.5 Å². The van der Waals surface area contributed by atoms with Gasteiger partial charge in [0.1, 0.15) is 6.61 Å². The molecule has 1 atom stereocenters. The SMILES string of the molecule is CC(C)Oc1ccc(Nc2cnc(OCCOC3CCCCO3)c3ccccc23)c(Cc2ccc(Cl)cc2)c1F. The molecular weight excluding hydrogens is 531 g/mol. The lowest BCUT2D eigenvalue weighted by Gasteiger charge is -2.22. The van der Waals surface area contributed by atoms with E-state index in [1.165, 1.54) is 0 Å². The molecular formula is C32H34ClFN2O4. The summed E-state index contributed by atoms with van der Waals surface area (Å²) in [6.07, 6.45) is 4.87. The maximum absolute atomic E-state index is 15.8. The highest BCUT2D eigenvalue weighted by Gasteiger charge is 2.18. The van der Waals surface area contributed by atoms with Crippen LogP contribution in [0.5, 0.6) is 11.6 Å². The predicted octanol–water partition coefficient (Wildman–Crippen LogP) is 8.07. The maximum atomic E-state index is 15.8. The number of aromatic nitrogens is 1. The molecule has 0 amide bonds. The highest BCUT2D eigenvalue weighted by atomic mass is 35.5. The summed E-state index contributed by atoms with van der Waals surface area (Å²) in [6, 6.07) is 18.8. The molecule has 0 radical (unpaired) electrons. The average Bonchev–Trinajstić information content (AvgIpc) is 2.96. The van der Waals surface area contributed by atoms with Crippen LogP contribution in [0.1, 0.15) is 44.2 Å². The molecule has 0 bridgehead atoms. The lowest BCUT2D eigenvalue weighted by Crippen LogP contribution is -2.24. The van der Waals surface area contributed by atoms with E-state index in [-0.39, 0.29) is 18.1 Å². The Hall–Kier alpha value is -3.39. The van der Waals surface area contributed by atoms with Crippen molar-refractivity contribution in [3.63, 3.8) is 0 Å². The summed E-state index contributed by atoms with van der Waals surface area (Å²) < 4.78 is 38.9. The summed E-state index contributed by atoms with van der Waals surface area (Å²) in [5, 5.41) is 5.81. The van der Waals surface area contributed by atoms with Crippen LogP contribution in [-0.2, 0) is 15.9 Å². The zero-order valence-electron chi connectivity index (χ0n) is 22.8. The predicted molar refractivity (Wildman–Crippen MR) is 156 cm³/mol. The Morgan fingerprint density at radius 1 is 1.00 bits per heavy atom. The zero-order chi connectivity index (χ0) is 27.9. The smallest absolute Gasteiger partial charge is 0.221 e. The van der Waals surface area contributed by atoms with E-state index in [9.17, 15) is 0 Å². The first-order valence-electron chi connectivity index (χ1n) is 13.7. The molecule has 8 heteroatoms. The van der Waals surface area contributed by atoms with E-state index in [1.807, 2.05) is 56.3 Å². The van der Waals surface area contributed by atoms with E-state index in [0.29, 0.717) is 41.8 Å². The Labute approximate surface area is 239 Å². The quantitative estimate of drug-likeness (QED) is 0.186. The van der Waals surface area contributed by atoms with Gasteiger partial charge in [-0.2, -0.15) is 0 Å². The Bertz CT molecular complexity index is 1420. The molecule has 1 saturated heterocycles. The third kappa shape index (κ3) is 7.02. The fourth-order valence-corrected chi connectivity index (χ4v) is 4.85. The van der Waals surface area contributed by atoms with Crippen LogP contribution in [0.25, 0.3) is 10.8 Å². The van der Waals surface area contributed by atoms with Crippen LogP contribution >= 0.6 is 11.6 Å². The number of fused-ring (bicyclic) bond motifs is 1. The Morgan fingerprint density at radius 3 is 2.55 bits per heavy atom. The van der Waals surface area contributed by atoms with Gasteiger partial charge >= 0.3 is 0 Å². The molecule has 2 heterocycles. The first-order chi connectivity index (χ1) is 19.5. The minimum absolute atomic E-state index is 0.155. The molecule has 5 rings (SSSR count). The van der Waals surface area contributed by atoms with Gasteiger partial charge in [-0.1, -0.05) is 41.9 Å². The topological polar surface area (TPSA) is 61.8 Å². The minimum atomic E-state index is -0.396. The van der Waals surface area contributed by atoms with Gasteiger partial charge in [0.05, 0.1) is 24.6 Å².